The molecule has 0 aliphatic heterocycles. The molecule has 168 valence electrons. The molecule has 5 aromatic rings. The Labute approximate surface area is 193 Å². The maximum absolute atomic E-state index is 13.0. The van der Waals surface area contributed by atoms with Gasteiger partial charge in [-0.25, -0.2) is 19.9 Å². The summed E-state index contributed by atoms with van der Waals surface area (Å²) in [6.45, 7) is 0.0512. The van der Waals surface area contributed by atoms with Gasteiger partial charge in [0.15, 0.2) is 23.0 Å². The predicted octanol–water partition coefficient (Wildman–Crippen LogP) is 2.66. The van der Waals surface area contributed by atoms with Crippen molar-refractivity contribution >= 4 is 22.6 Å². The lowest BCUT2D eigenvalue weighted by atomic mass is 10.1. The summed E-state index contributed by atoms with van der Waals surface area (Å²) in [7, 11) is 1.50. The first-order valence-corrected chi connectivity index (χ1v) is 10.2. The lowest BCUT2D eigenvalue weighted by molar-refractivity contribution is 0.0945. The second kappa shape index (κ2) is 8.90. The average Bonchev–Trinajstić information content (AvgIpc) is 3.42. The molecule has 0 aliphatic carbocycles. The van der Waals surface area contributed by atoms with Crippen molar-refractivity contribution in [1.82, 2.24) is 35.2 Å². The number of methoxy groups -OCH3 is 1. The Kier molecular flexibility index (Phi) is 5.48. The Hall–Kier alpha value is -4.93. The number of carbonyl (C=O) groups excluding carboxylic acids is 1. The molecule has 34 heavy (non-hydrogen) atoms. The molecule has 3 N–H and O–H groups in total. The quantitative estimate of drug-likeness (QED) is 0.391. The van der Waals surface area contributed by atoms with E-state index in [1.54, 1.807) is 18.5 Å². The molecule has 11 heteroatoms. The van der Waals surface area contributed by atoms with Crippen molar-refractivity contribution in [2.24, 2.45) is 0 Å². The van der Waals surface area contributed by atoms with Crippen LogP contribution < -0.4 is 15.8 Å². The normalized spacial score (nSPS) is 10.9. The van der Waals surface area contributed by atoms with Crippen LogP contribution in [0.3, 0.4) is 0 Å². The molecular weight excluding hydrogens is 436 g/mol. The Morgan fingerprint density at radius 2 is 1.94 bits per heavy atom. The van der Waals surface area contributed by atoms with Crippen LogP contribution in [-0.4, -0.2) is 42.9 Å². The van der Waals surface area contributed by atoms with Gasteiger partial charge >= 0.3 is 0 Å². The van der Waals surface area contributed by atoms with E-state index in [0.29, 0.717) is 28.7 Å². The summed E-state index contributed by atoms with van der Waals surface area (Å²) in [5, 5.41) is 3.62. The first-order valence-electron chi connectivity index (χ1n) is 10.2. The van der Waals surface area contributed by atoms with Gasteiger partial charge in [0.2, 0.25) is 11.8 Å². The summed E-state index contributed by atoms with van der Waals surface area (Å²) in [4.78, 5) is 38.7. The number of rotatable bonds is 6. The molecule has 0 fully saturated rings. The molecule has 0 bridgehead atoms. The number of nitrogen functional groups attached to an aromatic ring is 1. The zero-order valence-electron chi connectivity index (χ0n) is 18.0. The number of ether oxygens (including phenoxy) is 1. The minimum atomic E-state index is -0.529. The summed E-state index contributed by atoms with van der Waals surface area (Å²) in [5.41, 5.74) is 8.31. The van der Waals surface area contributed by atoms with Crippen LogP contribution in [0.15, 0.2) is 65.7 Å². The molecule has 1 amide bonds. The first kappa shape index (κ1) is 20.9. The van der Waals surface area contributed by atoms with E-state index in [9.17, 15) is 4.79 Å². The third-order valence-electron chi connectivity index (χ3n) is 4.95. The molecule has 1 aromatic carbocycles. The van der Waals surface area contributed by atoms with Crippen molar-refractivity contribution in [3.63, 3.8) is 0 Å². The van der Waals surface area contributed by atoms with Gasteiger partial charge in [0, 0.05) is 29.4 Å². The van der Waals surface area contributed by atoms with E-state index >= 15 is 0 Å². The van der Waals surface area contributed by atoms with E-state index in [-0.39, 0.29) is 23.9 Å². The van der Waals surface area contributed by atoms with Crippen molar-refractivity contribution < 1.29 is 13.9 Å². The van der Waals surface area contributed by atoms with Crippen molar-refractivity contribution in [3.8, 4) is 28.7 Å². The van der Waals surface area contributed by atoms with E-state index in [1.807, 2.05) is 30.3 Å². The minimum Gasteiger partial charge on any atom is -0.481 e. The molecule has 4 heterocycles. The number of carbonyl (C=O) groups is 1. The van der Waals surface area contributed by atoms with Crippen LogP contribution in [0.4, 0.5) is 5.82 Å². The summed E-state index contributed by atoms with van der Waals surface area (Å²) < 4.78 is 10.5. The molecule has 0 saturated heterocycles. The van der Waals surface area contributed by atoms with E-state index in [2.05, 4.69) is 35.2 Å². The van der Waals surface area contributed by atoms with Crippen LogP contribution in [0, 0.1) is 0 Å². The van der Waals surface area contributed by atoms with Crippen molar-refractivity contribution in [2.75, 3.05) is 12.8 Å². The number of hydrogen-bond donors (Lipinski definition) is 2. The minimum absolute atomic E-state index is 0.0421. The van der Waals surface area contributed by atoms with E-state index in [4.69, 9.17) is 14.9 Å². The van der Waals surface area contributed by atoms with E-state index in [0.717, 1.165) is 10.9 Å². The molecular formula is C23H18N8O3. The van der Waals surface area contributed by atoms with Crippen molar-refractivity contribution in [2.45, 2.75) is 6.54 Å². The van der Waals surface area contributed by atoms with Crippen LogP contribution in [0.5, 0.6) is 5.88 Å². The SMILES string of the molecule is COc1ccnc(CNC(=O)c2nc(-c3ccc4ncccc4c3)c(-c3ncco3)nc2N)n1. The summed E-state index contributed by atoms with van der Waals surface area (Å²) in [6.07, 6.45) is 6.18. The molecule has 0 spiro atoms. The number of amides is 1. The van der Waals surface area contributed by atoms with Crippen LogP contribution in [0.1, 0.15) is 16.3 Å². The summed E-state index contributed by atoms with van der Waals surface area (Å²) in [5.74, 6) is 0.402. The monoisotopic (exact) mass is 454 g/mol. The molecule has 0 aliphatic rings. The van der Waals surface area contributed by atoms with Gasteiger partial charge in [0.25, 0.3) is 5.91 Å². The fourth-order valence-corrected chi connectivity index (χ4v) is 3.35. The zero-order chi connectivity index (χ0) is 23.5. The number of fused-ring (bicyclic) bond motifs is 1. The number of hydrogen-bond acceptors (Lipinski definition) is 10. The second-order valence-electron chi connectivity index (χ2n) is 7.10. The Bertz CT molecular complexity index is 1490. The molecule has 0 atom stereocenters. The lowest BCUT2D eigenvalue weighted by Crippen LogP contribution is -2.26. The molecule has 5 rings (SSSR count). The Morgan fingerprint density at radius 3 is 2.76 bits per heavy atom. The van der Waals surface area contributed by atoms with Crippen LogP contribution in [0.25, 0.3) is 33.7 Å². The fourth-order valence-electron chi connectivity index (χ4n) is 3.35. The van der Waals surface area contributed by atoms with Gasteiger partial charge in [-0.1, -0.05) is 12.1 Å². The molecule has 0 radical (unpaired) electrons. The highest BCUT2D eigenvalue weighted by molar-refractivity contribution is 5.98. The second-order valence-corrected chi connectivity index (χ2v) is 7.10. The molecule has 4 aromatic heterocycles. The van der Waals surface area contributed by atoms with Crippen molar-refractivity contribution in [1.29, 1.82) is 0 Å². The maximum atomic E-state index is 13.0. The number of aromatic nitrogens is 6. The van der Waals surface area contributed by atoms with Crippen LogP contribution in [-0.2, 0) is 6.54 Å². The summed E-state index contributed by atoms with van der Waals surface area (Å²) >= 11 is 0. The number of nitrogens with zero attached hydrogens (tertiary/aromatic N) is 6. The van der Waals surface area contributed by atoms with Gasteiger partial charge in [-0.05, 0) is 18.2 Å². The number of nitrogens with two attached hydrogens (primary N) is 1. The van der Waals surface area contributed by atoms with E-state index < -0.39 is 5.91 Å². The van der Waals surface area contributed by atoms with Crippen LogP contribution >= 0.6 is 0 Å². The lowest BCUT2D eigenvalue weighted by Gasteiger charge is -2.12. The highest BCUT2D eigenvalue weighted by atomic mass is 16.5. The Morgan fingerprint density at radius 1 is 1.03 bits per heavy atom. The zero-order valence-corrected chi connectivity index (χ0v) is 18.0. The molecule has 11 nitrogen and oxygen atoms in total. The van der Waals surface area contributed by atoms with Gasteiger partial charge in [0.1, 0.15) is 12.0 Å². The van der Waals surface area contributed by atoms with Crippen molar-refractivity contribution in [3.05, 3.63) is 72.8 Å². The largest absolute Gasteiger partial charge is 0.481 e. The maximum Gasteiger partial charge on any atom is 0.274 e. The predicted molar refractivity (Wildman–Crippen MR) is 122 cm³/mol. The number of pyridine rings is 1. The highest BCUT2D eigenvalue weighted by Crippen LogP contribution is 2.31. The van der Waals surface area contributed by atoms with Gasteiger partial charge in [-0.15, -0.1) is 0 Å². The van der Waals surface area contributed by atoms with Gasteiger partial charge in [-0.3, -0.25) is 9.78 Å². The van der Waals surface area contributed by atoms with Gasteiger partial charge in [0.05, 0.1) is 25.4 Å². The number of nitrogens with one attached hydrogen (secondary N) is 1. The number of benzene rings is 1. The van der Waals surface area contributed by atoms with Gasteiger partial charge in [-0.2, -0.15) is 4.98 Å². The number of anilines is 1. The first-order chi connectivity index (χ1) is 16.6. The third-order valence-corrected chi connectivity index (χ3v) is 4.95. The van der Waals surface area contributed by atoms with E-state index in [1.165, 1.54) is 19.6 Å². The van der Waals surface area contributed by atoms with Gasteiger partial charge < -0.3 is 20.2 Å². The molecule has 0 saturated carbocycles. The fraction of sp³-hybridized carbons (Fsp3) is 0.0870. The van der Waals surface area contributed by atoms with Crippen LogP contribution in [0.2, 0.25) is 0 Å². The smallest absolute Gasteiger partial charge is 0.274 e. The Balaban J connectivity index is 1.53. The third kappa shape index (κ3) is 4.09. The topological polar surface area (TPSA) is 155 Å². The standard InChI is InChI=1S/C23H18N8O3/c1-33-17-6-8-26-16(29-17)12-28-22(32)20-21(24)31-19(23-27-9-10-34-23)18(30-20)14-4-5-15-13(11-14)3-2-7-25-15/h2-11H,12H2,1H3,(H2,24,31)(H,28,32). The number of oxazole rings is 1. The highest BCUT2D eigenvalue weighted by Gasteiger charge is 2.22. The average molecular weight is 454 g/mol. The molecule has 0 unspecified atom stereocenters. The summed E-state index contributed by atoms with van der Waals surface area (Å²) in [6, 6.07) is 11.0.